The van der Waals surface area contributed by atoms with E-state index in [1.807, 2.05) is 12.1 Å². The number of benzene rings is 2. The molecule has 1 N–H and O–H groups in total. The molecule has 3 aromatic rings. The summed E-state index contributed by atoms with van der Waals surface area (Å²) in [5.74, 6) is -0.789. The van der Waals surface area contributed by atoms with Crippen molar-refractivity contribution in [3.05, 3.63) is 83.7 Å². The van der Waals surface area contributed by atoms with E-state index < -0.39 is 5.97 Å². The number of hydrogen-bond donors (Lipinski definition) is 1. The molecular weight excluding hydrogens is 366 g/mol. The molecule has 0 saturated heterocycles. The molecule has 0 spiro atoms. The van der Waals surface area contributed by atoms with Gasteiger partial charge in [0.2, 0.25) is 0 Å². The SMILES string of the molecule is COC(=O)c1cccc(NC(=O)c2ccc(N3CCCc4ccccc43)cn2)c1. The zero-order valence-corrected chi connectivity index (χ0v) is 16.1. The van der Waals surface area contributed by atoms with Crippen molar-refractivity contribution >= 4 is 28.9 Å². The molecule has 2 aromatic carbocycles. The fourth-order valence-electron chi connectivity index (χ4n) is 3.52. The highest BCUT2D eigenvalue weighted by Crippen LogP contribution is 2.32. The number of carbonyl (C=O) groups is 2. The first kappa shape index (κ1) is 18.7. The Morgan fingerprint density at radius 3 is 2.72 bits per heavy atom. The van der Waals surface area contributed by atoms with Crippen LogP contribution in [0, 0.1) is 0 Å². The summed E-state index contributed by atoms with van der Waals surface area (Å²) in [5.41, 5.74) is 4.67. The molecule has 0 aliphatic carbocycles. The van der Waals surface area contributed by atoms with Crippen LogP contribution in [0.4, 0.5) is 17.1 Å². The number of nitrogens with zero attached hydrogens (tertiary/aromatic N) is 2. The van der Waals surface area contributed by atoms with Crippen LogP contribution in [0.25, 0.3) is 0 Å². The number of anilines is 3. The van der Waals surface area contributed by atoms with Crippen LogP contribution in [0.5, 0.6) is 0 Å². The summed E-state index contributed by atoms with van der Waals surface area (Å²) in [4.78, 5) is 30.8. The number of rotatable bonds is 4. The monoisotopic (exact) mass is 387 g/mol. The molecule has 0 radical (unpaired) electrons. The highest BCUT2D eigenvalue weighted by atomic mass is 16.5. The van der Waals surface area contributed by atoms with Crippen LogP contribution in [-0.2, 0) is 11.2 Å². The molecule has 1 aliphatic rings. The van der Waals surface area contributed by atoms with Gasteiger partial charge in [0.15, 0.2) is 0 Å². The van der Waals surface area contributed by atoms with Crippen LogP contribution in [0.15, 0.2) is 66.9 Å². The first-order valence-corrected chi connectivity index (χ1v) is 9.47. The van der Waals surface area contributed by atoms with Crippen LogP contribution in [-0.4, -0.2) is 30.5 Å². The number of fused-ring (bicyclic) bond motifs is 1. The summed E-state index contributed by atoms with van der Waals surface area (Å²) in [7, 11) is 1.32. The minimum Gasteiger partial charge on any atom is -0.465 e. The number of methoxy groups -OCH3 is 1. The number of hydrogen-bond acceptors (Lipinski definition) is 5. The molecule has 0 saturated carbocycles. The Labute approximate surface area is 169 Å². The van der Waals surface area contributed by atoms with Crippen LogP contribution < -0.4 is 10.2 Å². The van der Waals surface area contributed by atoms with Gasteiger partial charge in [0.05, 0.1) is 24.6 Å². The highest BCUT2D eigenvalue weighted by molar-refractivity contribution is 6.03. The zero-order chi connectivity index (χ0) is 20.2. The third kappa shape index (κ3) is 3.96. The maximum absolute atomic E-state index is 12.5. The van der Waals surface area contributed by atoms with E-state index in [2.05, 4.69) is 33.4 Å². The fraction of sp³-hybridized carbons (Fsp3) is 0.174. The van der Waals surface area contributed by atoms with E-state index in [-0.39, 0.29) is 5.91 Å². The van der Waals surface area contributed by atoms with Crippen molar-refractivity contribution < 1.29 is 14.3 Å². The third-order valence-corrected chi connectivity index (χ3v) is 4.94. The van der Waals surface area contributed by atoms with E-state index in [0.29, 0.717) is 16.9 Å². The number of aromatic nitrogens is 1. The Balaban J connectivity index is 1.50. The Kier molecular flexibility index (Phi) is 5.24. The number of ether oxygens (including phenoxy) is 1. The molecule has 0 bridgehead atoms. The van der Waals surface area contributed by atoms with Gasteiger partial charge in [0.25, 0.3) is 5.91 Å². The average molecular weight is 387 g/mol. The lowest BCUT2D eigenvalue weighted by Crippen LogP contribution is -2.24. The number of aryl methyl sites for hydroxylation is 1. The van der Waals surface area contributed by atoms with Crippen LogP contribution in [0.2, 0.25) is 0 Å². The third-order valence-electron chi connectivity index (χ3n) is 4.94. The van der Waals surface area contributed by atoms with E-state index in [1.54, 1.807) is 36.5 Å². The van der Waals surface area contributed by atoms with Crippen molar-refractivity contribution in [3.63, 3.8) is 0 Å². The van der Waals surface area contributed by atoms with Crippen molar-refractivity contribution in [1.29, 1.82) is 0 Å². The van der Waals surface area contributed by atoms with Gasteiger partial charge >= 0.3 is 5.97 Å². The first-order valence-electron chi connectivity index (χ1n) is 9.47. The Morgan fingerprint density at radius 2 is 1.93 bits per heavy atom. The Morgan fingerprint density at radius 1 is 1.07 bits per heavy atom. The zero-order valence-electron chi connectivity index (χ0n) is 16.1. The maximum Gasteiger partial charge on any atom is 0.337 e. The van der Waals surface area contributed by atoms with Gasteiger partial charge < -0.3 is 15.0 Å². The molecule has 29 heavy (non-hydrogen) atoms. The Hall–Kier alpha value is -3.67. The molecule has 1 amide bonds. The summed E-state index contributed by atoms with van der Waals surface area (Å²) in [6.07, 6.45) is 3.88. The van der Waals surface area contributed by atoms with Gasteiger partial charge in [-0.2, -0.15) is 0 Å². The number of esters is 1. The van der Waals surface area contributed by atoms with E-state index in [9.17, 15) is 9.59 Å². The van der Waals surface area contributed by atoms with Crippen molar-refractivity contribution in [2.45, 2.75) is 12.8 Å². The molecule has 1 aromatic heterocycles. The lowest BCUT2D eigenvalue weighted by atomic mass is 10.0. The van der Waals surface area contributed by atoms with E-state index >= 15 is 0 Å². The number of nitrogens with one attached hydrogen (secondary N) is 1. The van der Waals surface area contributed by atoms with Gasteiger partial charge in [0, 0.05) is 17.9 Å². The van der Waals surface area contributed by atoms with Crippen LogP contribution >= 0.6 is 0 Å². The normalized spacial score (nSPS) is 12.8. The molecule has 2 heterocycles. The minimum absolute atomic E-state index is 0.308. The van der Waals surface area contributed by atoms with E-state index in [4.69, 9.17) is 4.74 Å². The van der Waals surface area contributed by atoms with E-state index in [0.717, 1.165) is 25.1 Å². The van der Waals surface area contributed by atoms with E-state index in [1.165, 1.54) is 18.4 Å². The predicted molar refractivity (Wildman–Crippen MR) is 112 cm³/mol. The second-order valence-electron chi connectivity index (χ2n) is 6.81. The minimum atomic E-state index is -0.453. The molecule has 6 nitrogen and oxygen atoms in total. The standard InChI is InChI=1S/C23H21N3O3/c1-29-23(28)17-7-4-9-18(14-17)25-22(27)20-12-11-19(15-24-20)26-13-5-8-16-6-2-3-10-21(16)26/h2-4,6-7,9-12,14-15H,5,8,13H2,1H3,(H,25,27). The summed E-state index contributed by atoms with van der Waals surface area (Å²) in [6.45, 7) is 0.921. The Bertz CT molecular complexity index is 1050. The van der Waals surface area contributed by atoms with Gasteiger partial charge in [0.1, 0.15) is 5.69 Å². The molecule has 0 fully saturated rings. The second kappa shape index (κ2) is 8.14. The van der Waals surface area contributed by atoms with Crippen LogP contribution in [0.1, 0.15) is 32.8 Å². The van der Waals surface area contributed by atoms with Crippen molar-refractivity contribution in [1.82, 2.24) is 4.98 Å². The fourth-order valence-corrected chi connectivity index (χ4v) is 3.52. The van der Waals surface area contributed by atoms with Gasteiger partial charge in [-0.15, -0.1) is 0 Å². The lowest BCUT2D eigenvalue weighted by molar-refractivity contribution is 0.0600. The first-order chi connectivity index (χ1) is 14.2. The molecular formula is C23H21N3O3. The van der Waals surface area contributed by atoms with Crippen molar-refractivity contribution in [2.24, 2.45) is 0 Å². The molecule has 4 rings (SSSR count). The van der Waals surface area contributed by atoms with Gasteiger partial charge in [-0.3, -0.25) is 4.79 Å². The number of amides is 1. The van der Waals surface area contributed by atoms with Crippen molar-refractivity contribution in [2.75, 3.05) is 23.9 Å². The van der Waals surface area contributed by atoms with Gasteiger partial charge in [-0.25, -0.2) is 9.78 Å². The molecule has 146 valence electrons. The largest absolute Gasteiger partial charge is 0.465 e. The molecule has 0 atom stereocenters. The average Bonchev–Trinajstić information content (AvgIpc) is 2.78. The second-order valence-corrected chi connectivity index (χ2v) is 6.81. The summed E-state index contributed by atoms with van der Waals surface area (Å²) >= 11 is 0. The van der Waals surface area contributed by atoms with Gasteiger partial charge in [-0.1, -0.05) is 24.3 Å². The molecule has 1 aliphatic heterocycles. The molecule has 0 unspecified atom stereocenters. The lowest BCUT2D eigenvalue weighted by Gasteiger charge is -2.31. The predicted octanol–water partition coefficient (Wildman–Crippen LogP) is 4.20. The number of pyridine rings is 1. The topological polar surface area (TPSA) is 71.5 Å². The smallest absolute Gasteiger partial charge is 0.337 e. The number of para-hydroxylation sites is 1. The summed E-state index contributed by atoms with van der Waals surface area (Å²) in [5, 5.41) is 2.77. The quantitative estimate of drug-likeness (QED) is 0.679. The van der Waals surface area contributed by atoms with Crippen molar-refractivity contribution in [3.8, 4) is 0 Å². The van der Waals surface area contributed by atoms with Gasteiger partial charge in [-0.05, 0) is 54.8 Å². The number of carbonyl (C=O) groups excluding carboxylic acids is 2. The summed E-state index contributed by atoms with van der Waals surface area (Å²) < 4.78 is 4.71. The van der Waals surface area contributed by atoms with Crippen LogP contribution in [0.3, 0.4) is 0 Å². The highest BCUT2D eigenvalue weighted by Gasteiger charge is 2.18. The molecule has 6 heteroatoms. The summed E-state index contributed by atoms with van der Waals surface area (Å²) in [6, 6.07) is 18.6. The maximum atomic E-state index is 12.5.